The highest BCUT2D eigenvalue weighted by Gasteiger charge is 2.23. The maximum Gasteiger partial charge on any atom is 0.246 e. The highest BCUT2D eigenvalue weighted by molar-refractivity contribution is 7.09. The summed E-state index contributed by atoms with van der Waals surface area (Å²) in [4.78, 5) is 35.8. The van der Waals surface area contributed by atoms with Crippen LogP contribution in [0.3, 0.4) is 0 Å². The molecule has 4 heterocycles. The van der Waals surface area contributed by atoms with Crippen molar-refractivity contribution in [1.29, 1.82) is 0 Å². The Morgan fingerprint density at radius 1 is 1.30 bits per heavy atom. The van der Waals surface area contributed by atoms with Gasteiger partial charge in [-0.1, -0.05) is 0 Å². The molecule has 0 radical (unpaired) electrons. The topological polar surface area (TPSA) is 96.8 Å². The van der Waals surface area contributed by atoms with Crippen molar-refractivity contribution in [1.82, 2.24) is 29.8 Å². The van der Waals surface area contributed by atoms with E-state index in [1.165, 1.54) is 0 Å². The summed E-state index contributed by atoms with van der Waals surface area (Å²) in [5, 5.41) is 6.10. The molecule has 4 rings (SSSR count). The van der Waals surface area contributed by atoms with Crippen molar-refractivity contribution in [3.8, 4) is 0 Å². The lowest BCUT2D eigenvalue weighted by Gasteiger charge is -2.32. The molecule has 154 valence electrons. The molecule has 1 aliphatic heterocycles. The third-order valence-corrected chi connectivity index (χ3v) is 5.70. The second kappa shape index (κ2) is 9.53. The molecule has 30 heavy (non-hydrogen) atoms. The van der Waals surface area contributed by atoms with Crippen molar-refractivity contribution < 1.29 is 4.79 Å². The average Bonchev–Trinajstić information content (AvgIpc) is 3.18. The van der Waals surface area contributed by atoms with E-state index in [0.717, 1.165) is 48.7 Å². The Bertz CT molecular complexity index is 1020. The summed E-state index contributed by atoms with van der Waals surface area (Å²) >= 11 is 1.58. The van der Waals surface area contributed by atoms with Crippen molar-refractivity contribution in [2.24, 2.45) is 5.92 Å². The Kier molecular flexibility index (Phi) is 6.38. The summed E-state index contributed by atoms with van der Waals surface area (Å²) in [6, 6.07) is 1.93. The molecule has 1 saturated heterocycles. The summed E-state index contributed by atoms with van der Waals surface area (Å²) in [5.41, 5.74) is 1.78. The molecule has 1 fully saturated rings. The number of piperidine rings is 1. The van der Waals surface area contributed by atoms with Crippen molar-refractivity contribution in [2.75, 3.05) is 18.4 Å². The largest absolute Gasteiger partial charge is 0.339 e. The van der Waals surface area contributed by atoms with E-state index in [4.69, 9.17) is 0 Å². The van der Waals surface area contributed by atoms with E-state index in [1.54, 1.807) is 48.4 Å². The van der Waals surface area contributed by atoms with Gasteiger partial charge in [-0.3, -0.25) is 9.78 Å². The first-order valence-corrected chi connectivity index (χ1v) is 10.8. The normalized spacial score (nSPS) is 16.7. The zero-order valence-electron chi connectivity index (χ0n) is 16.7. The van der Waals surface area contributed by atoms with E-state index in [9.17, 15) is 4.79 Å². The van der Waals surface area contributed by atoms with Crippen LogP contribution in [0.15, 0.2) is 42.4 Å². The number of thiazole rings is 1. The first kappa shape index (κ1) is 20.1. The van der Waals surface area contributed by atoms with Gasteiger partial charge in [0.2, 0.25) is 5.91 Å². The van der Waals surface area contributed by atoms with Gasteiger partial charge in [0.1, 0.15) is 18.0 Å². The maximum atomic E-state index is 12.6. The van der Waals surface area contributed by atoms with Crippen molar-refractivity contribution in [3.05, 3.63) is 58.8 Å². The molecule has 0 aromatic carbocycles. The molecule has 1 N–H and O–H groups in total. The van der Waals surface area contributed by atoms with Crippen LogP contribution in [0.5, 0.6) is 0 Å². The highest BCUT2D eigenvalue weighted by atomic mass is 32.1. The number of rotatable bonds is 6. The molecular weight excluding hydrogens is 398 g/mol. The molecule has 0 bridgehead atoms. The Morgan fingerprint density at radius 3 is 3.03 bits per heavy atom. The summed E-state index contributed by atoms with van der Waals surface area (Å²) < 4.78 is 0. The minimum atomic E-state index is 0.0399. The predicted octanol–water partition coefficient (Wildman–Crippen LogP) is 3.27. The molecule has 0 aliphatic carbocycles. The number of nitrogens with zero attached hydrogens (tertiary/aromatic N) is 6. The van der Waals surface area contributed by atoms with Crippen LogP contribution >= 0.6 is 11.3 Å². The number of aryl methyl sites for hydroxylation is 1. The Labute approximate surface area is 179 Å². The smallest absolute Gasteiger partial charge is 0.246 e. The molecule has 8 nitrogen and oxygen atoms in total. The van der Waals surface area contributed by atoms with Crippen LogP contribution in [0.4, 0.5) is 11.6 Å². The van der Waals surface area contributed by atoms with Crippen LogP contribution < -0.4 is 5.32 Å². The van der Waals surface area contributed by atoms with Gasteiger partial charge in [-0.2, -0.15) is 0 Å². The van der Waals surface area contributed by atoms with Crippen LogP contribution in [0, 0.1) is 12.8 Å². The number of hydrogen-bond acceptors (Lipinski definition) is 8. The lowest BCUT2D eigenvalue weighted by atomic mass is 9.93. The van der Waals surface area contributed by atoms with Crippen LogP contribution in [0.1, 0.15) is 29.2 Å². The number of aromatic nitrogens is 5. The summed E-state index contributed by atoms with van der Waals surface area (Å²) in [7, 11) is 0. The van der Waals surface area contributed by atoms with Crippen LogP contribution in [-0.4, -0.2) is 48.8 Å². The monoisotopic (exact) mass is 421 g/mol. The molecule has 3 aromatic rings. The fourth-order valence-electron chi connectivity index (χ4n) is 3.52. The fraction of sp³-hybridized carbons (Fsp3) is 0.333. The molecule has 1 atom stereocenters. The van der Waals surface area contributed by atoms with Crippen molar-refractivity contribution >= 4 is 35.0 Å². The zero-order chi connectivity index (χ0) is 20.8. The van der Waals surface area contributed by atoms with Gasteiger partial charge in [0, 0.05) is 48.7 Å². The second-order valence-electron chi connectivity index (χ2n) is 7.23. The molecule has 0 spiro atoms. The third kappa shape index (κ3) is 5.44. The van der Waals surface area contributed by atoms with Crippen molar-refractivity contribution in [2.45, 2.75) is 26.2 Å². The number of carbonyl (C=O) groups is 1. The lowest BCUT2D eigenvalue weighted by Crippen LogP contribution is -2.39. The van der Waals surface area contributed by atoms with Gasteiger partial charge in [0.15, 0.2) is 0 Å². The summed E-state index contributed by atoms with van der Waals surface area (Å²) in [5.74, 6) is 1.74. The molecule has 1 unspecified atom stereocenters. The minimum absolute atomic E-state index is 0.0399. The van der Waals surface area contributed by atoms with E-state index in [1.807, 2.05) is 23.3 Å². The number of hydrogen-bond donors (Lipinski definition) is 1. The fourth-order valence-corrected chi connectivity index (χ4v) is 4.10. The predicted molar refractivity (Wildman–Crippen MR) is 116 cm³/mol. The Hall–Kier alpha value is -3.20. The van der Waals surface area contributed by atoms with Gasteiger partial charge in [0.25, 0.3) is 0 Å². The van der Waals surface area contributed by atoms with Gasteiger partial charge in [-0.05, 0) is 38.2 Å². The first-order chi connectivity index (χ1) is 14.7. The van der Waals surface area contributed by atoms with Crippen LogP contribution in [0.25, 0.3) is 6.08 Å². The van der Waals surface area contributed by atoms with Crippen LogP contribution in [-0.2, 0) is 11.2 Å². The van der Waals surface area contributed by atoms with E-state index in [-0.39, 0.29) is 5.91 Å². The maximum absolute atomic E-state index is 12.6. The number of nitrogens with one attached hydrogen (secondary N) is 1. The van der Waals surface area contributed by atoms with E-state index in [2.05, 4.69) is 30.2 Å². The van der Waals surface area contributed by atoms with E-state index >= 15 is 0 Å². The zero-order valence-corrected chi connectivity index (χ0v) is 17.5. The average molecular weight is 422 g/mol. The molecule has 0 saturated carbocycles. The van der Waals surface area contributed by atoms with Gasteiger partial charge < -0.3 is 10.2 Å². The number of anilines is 2. The Morgan fingerprint density at radius 2 is 2.23 bits per heavy atom. The Balaban J connectivity index is 1.35. The molecule has 9 heteroatoms. The molecule has 1 aliphatic rings. The summed E-state index contributed by atoms with van der Waals surface area (Å²) in [6.45, 7) is 3.48. The molecule has 3 aromatic heterocycles. The number of amides is 1. The standard InChI is InChI=1S/C21H23N7OS/c1-15-26-17(13-30-15)4-5-21(29)28-8-2-3-16(12-28)9-18-10-19(25-14-24-18)27-20-11-22-6-7-23-20/h4-7,10-11,13-14,16H,2-3,8-9,12H2,1H3,(H,23,24,25,27)/b5-4+. The third-order valence-electron chi connectivity index (χ3n) is 4.90. The van der Waals surface area contributed by atoms with Crippen LogP contribution in [0.2, 0.25) is 0 Å². The van der Waals surface area contributed by atoms with Crippen molar-refractivity contribution in [3.63, 3.8) is 0 Å². The first-order valence-electron chi connectivity index (χ1n) is 9.89. The second-order valence-corrected chi connectivity index (χ2v) is 8.29. The number of carbonyl (C=O) groups excluding carboxylic acids is 1. The van der Waals surface area contributed by atoms with Gasteiger partial charge >= 0.3 is 0 Å². The van der Waals surface area contributed by atoms with Gasteiger partial charge in [-0.15, -0.1) is 11.3 Å². The minimum Gasteiger partial charge on any atom is -0.339 e. The molecular formula is C21H23N7OS. The quantitative estimate of drug-likeness (QED) is 0.610. The highest BCUT2D eigenvalue weighted by Crippen LogP contribution is 2.22. The van der Waals surface area contributed by atoms with E-state index < -0.39 is 0 Å². The SMILES string of the molecule is Cc1nc(/C=C/C(=O)N2CCCC(Cc3cc(Nc4cnccn4)ncn3)C2)cs1. The van der Waals surface area contributed by atoms with Gasteiger partial charge in [0.05, 0.1) is 16.9 Å². The lowest BCUT2D eigenvalue weighted by molar-refractivity contribution is -0.127. The summed E-state index contributed by atoms with van der Waals surface area (Å²) in [6.07, 6.45) is 12.8. The molecule has 1 amide bonds. The number of likely N-dealkylation sites (tertiary alicyclic amines) is 1. The van der Waals surface area contributed by atoms with Gasteiger partial charge in [-0.25, -0.2) is 19.9 Å². The van der Waals surface area contributed by atoms with E-state index in [0.29, 0.717) is 17.6 Å².